The number of imidazole rings is 1. The molecule has 0 bridgehead atoms. The predicted molar refractivity (Wildman–Crippen MR) is 107 cm³/mol. The Morgan fingerprint density at radius 2 is 1.82 bits per heavy atom. The molecule has 2 aliphatic rings. The summed E-state index contributed by atoms with van der Waals surface area (Å²) in [6.07, 6.45) is 3.72. The molecule has 0 amide bonds. The van der Waals surface area contributed by atoms with Gasteiger partial charge in [0.2, 0.25) is 0 Å². The van der Waals surface area contributed by atoms with E-state index in [9.17, 15) is 8.78 Å². The van der Waals surface area contributed by atoms with Crippen molar-refractivity contribution in [1.82, 2.24) is 19.5 Å². The van der Waals surface area contributed by atoms with E-state index in [1.54, 1.807) is 22.7 Å². The lowest BCUT2D eigenvalue weighted by atomic mass is 10.2. The van der Waals surface area contributed by atoms with E-state index in [1.165, 1.54) is 12.1 Å². The van der Waals surface area contributed by atoms with Crippen molar-refractivity contribution in [3.8, 4) is 32.7 Å². The van der Waals surface area contributed by atoms with Crippen molar-refractivity contribution in [2.75, 3.05) is 0 Å². The molecule has 0 aliphatic carbocycles. The summed E-state index contributed by atoms with van der Waals surface area (Å²) in [5.74, 6) is -1.67. The SMILES string of the molecule is Fc1cccc(-c2nc3ccn(Cc4csc(-c5cccs5)n4)cc-3n2)c1F. The number of hydrogen-bond donors (Lipinski definition) is 0. The molecule has 0 fully saturated rings. The number of pyridine rings is 1. The highest BCUT2D eigenvalue weighted by atomic mass is 32.1. The second-order valence-corrected chi connectivity index (χ2v) is 7.96. The molecule has 0 unspecified atom stereocenters. The Morgan fingerprint density at radius 3 is 2.68 bits per heavy atom. The van der Waals surface area contributed by atoms with E-state index in [4.69, 9.17) is 0 Å². The zero-order valence-electron chi connectivity index (χ0n) is 14.3. The van der Waals surface area contributed by atoms with Crippen molar-refractivity contribution in [2.45, 2.75) is 6.54 Å². The molecule has 0 saturated heterocycles. The highest BCUT2D eigenvalue weighted by molar-refractivity contribution is 7.20. The molecule has 1 aromatic carbocycles. The first-order chi connectivity index (χ1) is 13.7. The number of thiazole rings is 1. The van der Waals surface area contributed by atoms with Crippen LogP contribution in [0.4, 0.5) is 8.78 Å². The van der Waals surface area contributed by atoms with Gasteiger partial charge in [-0.2, -0.15) is 0 Å². The van der Waals surface area contributed by atoms with Crippen LogP contribution in [0.25, 0.3) is 32.7 Å². The van der Waals surface area contributed by atoms with Gasteiger partial charge in [-0.05, 0) is 29.6 Å². The van der Waals surface area contributed by atoms with Crippen LogP contribution < -0.4 is 0 Å². The van der Waals surface area contributed by atoms with Crippen LogP contribution in [0, 0.1) is 11.6 Å². The molecule has 2 aliphatic heterocycles. The van der Waals surface area contributed by atoms with Gasteiger partial charge < -0.3 is 4.57 Å². The highest BCUT2D eigenvalue weighted by Crippen LogP contribution is 2.29. The number of nitrogens with zero attached hydrogens (tertiary/aromatic N) is 4. The maximum atomic E-state index is 14.0. The molecule has 3 aromatic rings. The van der Waals surface area contributed by atoms with Gasteiger partial charge in [0.15, 0.2) is 17.5 Å². The van der Waals surface area contributed by atoms with Gasteiger partial charge in [0.05, 0.1) is 28.4 Å². The number of hydrogen-bond acceptors (Lipinski definition) is 5. The van der Waals surface area contributed by atoms with Crippen molar-refractivity contribution in [2.24, 2.45) is 0 Å². The largest absolute Gasteiger partial charge is 0.346 e. The molecule has 0 radical (unpaired) electrons. The first-order valence-corrected chi connectivity index (χ1v) is 10.2. The number of fused-ring (bicyclic) bond motifs is 1. The van der Waals surface area contributed by atoms with Crippen LogP contribution in [-0.4, -0.2) is 19.5 Å². The Hall–Kier alpha value is -2.97. The van der Waals surface area contributed by atoms with E-state index in [1.807, 2.05) is 39.9 Å². The van der Waals surface area contributed by atoms with Crippen molar-refractivity contribution in [3.05, 3.63) is 76.9 Å². The van der Waals surface area contributed by atoms with Gasteiger partial charge in [0.1, 0.15) is 10.7 Å². The molecule has 0 N–H and O–H groups in total. The van der Waals surface area contributed by atoms with Crippen LogP contribution in [0.2, 0.25) is 0 Å². The smallest absolute Gasteiger partial charge is 0.169 e. The summed E-state index contributed by atoms with van der Waals surface area (Å²) < 4.78 is 29.5. The summed E-state index contributed by atoms with van der Waals surface area (Å²) >= 11 is 3.28. The number of thiophene rings is 1. The van der Waals surface area contributed by atoms with Gasteiger partial charge in [-0.1, -0.05) is 12.1 Å². The average Bonchev–Trinajstić information content (AvgIpc) is 3.43. The molecule has 138 valence electrons. The minimum absolute atomic E-state index is 0.0582. The Labute approximate surface area is 167 Å². The quantitative estimate of drug-likeness (QED) is 0.390. The summed E-state index contributed by atoms with van der Waals surface area (Å²) in [7, 11) is 0. The van der Waals surface area contributed by atoms with Crippen LogP contribution in [0.15, 0.2) is 59.6 Å². The fourth-order valence-electron chi connectivity index (χ4n) is 2.93. The Kier molecular flexibility index (Phi) is 4.22. The Morgan fingerprint density at radius 1 is 0.929 bits per heavy atom. The third-order valence-corrected chi connectivity index (χ3v) is 6.18. The molecular formula is C20H12F2N4S2. The van der Waals surface area contributed by atoms with Crippen molar-refractivity contribution in [3.63, 3.8) is 0 Å². The van der Waals surface area contributed by atoms with Crippen LogP contribution in [0.3, 0.4) is 0 Å². The number of rotatable bonds is 4. The fraction of sp³-hybridized carbons (Fsp3) is 0.0500. The minimum Gasteiger partial charge on any atom is -0.346 e. The lowest BCUT2D eigenvalue weighted by molar-refractivity contribution is 0.510. The van der Waals surface area contributed by atoms with Gasteiger partial charge in [0.25, 0.3) is 0 Å². The maximum absolute atomic E-state index is 14.0. The van der Waals surface area contributed by atoms with Crippen LogP contribution >= 0.6 is 22.7 Å². The standard InChI is InChI=1S/C20H12F2N4S2/c21-14-4-1-3-13(18(14)22)19-24-15-6-7-26(10-16(15)25-19)9-12-11-28-20(23-12)17-5-2-8-27-17/h1-8,10-11H,9H2. The van der Waals surface area contributed by atoms with Crippen molar-refractivity contribution < 1.29 is 8.78 Å². The zero-order valence-corrected chi connectivity index (χ0v) is 16.0. The second-order valence-electron chi connectivity index (χ2n) is 6.16. The average molecular weight is 410 g/mol. The molecule has 4 heterocycles. The molecule has 0 spiro atoms. The molecular weight excluding hydrogens is 398 g/mol. The number of benzene rings is 1. The van der Waals surface area contributed by atoms with E-state index < -0.39 is 11.6 Å². The molecule has 8 heteroatoms. The topological polar surface area (TPSA) is 43.6 Å². The van der Waals surface area contributed by atoms with Gasteiger partial charge in [-0.3, -0.25) is 0 Å². The summed E-state index contributed by atoms with van der Waals surface area (Å²) in [6, 6.07) is 9.88. The zero-order chi connectivity index (χ0) is 19.1. The van der Waals surface area contributed by atoms with Crippen molar-refractivity contribution >= 4 is 22.7 Å². The van der Waals surface area contributed by atoms with Crippen LogP contribution in [0.1, 0.15) is 5.69 Å². The van der Waals surface area contributed by atoms with Gasteiger partial charge in [0, 0.05) is 17.8 Å². The summed E-state index contributed by atoms with van der Waals surface area (Å²) in [4.78, 5) is 14.5. The van der Waals surface area contributed by atoms with Gasteiger partial charge in [-0.25, -0.2) is 23.7 Å². The molecule has 4 nitrogen and oxygen atoms in total. The monoisotopic (exact) mass is 410 g/mol. The Balaban J connectivity index is 1.44. The summed E-state index contributed by atoms with van der Waals surface area (Å²) in [6.45, 7) is 0.592. The number of aromatic nitrogens is 4. The third-order valence-electron chi connectivity index (χ3n) is 4.25. The second kappa shape index (κ2) is 6.88. The van der Waals surface area contributed by atoms with E-state index >= 15 is 0 Å². The lowest BCUT2D eigenvalue weighted by Crippen LogP contribution is -2.01. The summed E-state index contributed by atoms with van der Waals surface area (Å²) in [5, 5.41) is 5.08. The molecule has 28 heavy (non-hydrogen) atoms. The highest BCUT2D eigenvalue weighted by Gasteiger charge is 2.17. The van der Waals surface area contributed by atoms with E-state index in [2.05, 4.69) is 21.0 Å². The first-order valence-electron chi connectivity index (χ1n) is 8.43. The molecule has 5 rings (SSSR count). The fourth-order valence-corrected chi connectivity index (χ4v) is 4.55. The van der Waals surface area contributed by atoms with Crippen LogP contribution in [0.5, 0.6) is 0 Å². The van der Waals surface area contributed by atoms with Gasteiger partial charge >= 0.3 is 0 Å². The normalized spacial score (nSPS) is 11.4. The van der Waals surface area contributed by atoms with Gasteiger partial charge in [-0.15, -0.1) is 22.7 Å². The predicted octanol–water partition coefficient (Wildman–Crippen LogP) is 5.56. The maximum Gasteiger partial charge on any atom is 0.169 e. The number of halogens is 2. The lowest BCUT2D eigenvalue weighted by Gasteiger charge is -2.05. The molecule has 0 atom stereocenters. The van der Waals surface area contributed by atoms with Crippen LogP contribution in [-0.2, 0) is 6.54 Å². The van der Waals surface area contributed by atoms with Crippen molar-refractivity contribution in [1.29, 1.82) is 0 Å². The first kappa shape index (κ1) is 17.2. The summed E-state index contributed by atoms with van der Waals surface area (Å²) in [5.41, 5.74) is 2.26. The molecule has 0 saturated carbocycles. The third kappa shape index (κ3) is 3.10. The molecule has 2 aromatic heterocycles. The van der Waals surface area contributed by atoms with E-state index in [0.29, 0.717) is 17.9 Å². The van der Waals surface area contributed by atoms with E-state index in [-0.39, 0.29) is 11.4 Å². The Bertz CT molecular complexity index is 1230. The van der Waals surface area contributed by atoms with E-state index in [0.717, 1.165) is 21.6 Å². The minimum atomic E-state index is -0.936.